The minimum absolute atomic E-state index is 0.123. The zero-order valence-corrected chi connectivity index (χ0v) is 10.2. The molecular formula is C12H14FN3O2. The molecule has 0 radical (unpaired) electrons. The smallest absolute Gasteiger partial charge is 0.260 e. The second kappa shape index (κ2) is 5.14. The first-order valence-electron chi connectivity index (χ1n) is 5.57. The van der Waals surface area contributed by atoms with Gasteiger partial charge in [-0.1, -0.05) is 12.1 Å². The van der Waals surface area contributed by atoms with Crippen LogP contribution in [0.2, 0.25) is 0 Å². The molecule has 96 valence electrons. The molecule has 1 unspecified atom stereocenters. The van der Waals surface area contributed by atoms with Crippen LogP contribution in [0.15, 0.2) is 22.7 Å². The number of nitrogens with zero attached hydrogens (tertiary/aromatic N) is 2. The summed E-state index contributed by atoms with van der Waals surface area (Å²) in [6, 6.07) is 4.30. The summed E-state index contributed by atoms with van der Waals surface area (Å²) < 4.78 is 23.9. The lowest BCUT2D eigenvalue weighted by Gasteiger charge is -2.06. The van der Waals surface area contributed by atoms with Crippen LogP contribution in [-0.4, -0.2) is 17.3 Å². The third kappa shape index (κ3) is 2.33. The fourth-order valence-corrected chi connectivity index (χ4v) is 1.63. The molecule has 0 saturated carbocycles. The normalized spacial score (nSPS) is 12.6. The number of hydrogen-bond acceptors (Lipinski definition) is 5. The van der Waals surface area contributed by atoms with E-state index in [1.165, 1.54) is 12.1 Å². The van der Waals surface area contributed by atoms with Crippen molar-refractivity contribution in [2.75, 3.05) is 12.8 Å². The maximum Gasteiger partial charge on any atom is 0.260 e. The average Bonchev–Trinajstić information content (AvgIpc) is 2.80. The molecule has 6 heteroatoms. The van der Waals surface area contributed by atoms with E-state index in [0.29, 0.717) is 17.9 Å². The Hall–Kier alpha value is -1.95. The number of anilines is 1. The summed E-state index contributed by atoms with van der Waals surface area (Å²) >= 11 is 0. The Bertz CT molecular complexity index is 538. The summed E-state index contributed by atoms with van der Waals surface area (Å²) in [5, 5.41) is 3.79. The van der Waals surface area contributed by atoms with Crippen molar-refractivity contribution in [1.82, 2.24) is 10.1 Å². The van der Waals surface area contributed by atoms with Gasteiger partial charge < -0.3 is 15.0 Å². The van der Waals surface area contributed by atoms with Crippen molar-refractivity contribution < 1.29 is 13.7 Å². The number of ether oxygens (including phenoxy) is 1. The quantitative estimate of drug-likeness (QED) is 0.845. The fraction of sp³-hybridized carbons (Fsp3) is 0.333. The predicted octanol–water partition coefficient (Wildman–Crippen LogP) is 2.56. The molecule has 1 aromatic heterocycles. The molecule has 0 aliphatic heterocycles. The van der Waals surface area contributed by atoms with Crippen molar-refractivity contribution in [3.8, 4) is 11.5 Å². The SMILES string of the molecule is CCC(OC)c1noc(-c2ccc(N)cc2F)n1. The molecule has 1 aromatic carbocycles. The second-order valence-corrected chi connectivity index (χ2v) is 3.83. The van der Waals surface area contributed by atoms with E-state index >= 15 is 0 Å². The minimum Gasteiger partial charge on any atom is -0.399 e. The largest absolute Gasteiger partial charge is 0.399 e. The highest BCUT2D eigenvalue weighted by Crippen LogP contribution is 2.25. The Balaban J connectivity index is 2.34. The van der Waals surface area contributed by atoms with Gasteiger partial charge in [0.15, 0.2) is 0 Å². The van der Waals surface area contributed by atoms with Gasteiger partial charge in [0, 0.05) is 12.8 Å². The van der Waals surface area contributed by atoms with Crippen LogP contribution in [-0.2, 0) is 4.74 Å². The zero-order chi connectivity index (χ0) is 13.1. The van der Waals surface area contributed by atoms with E-state index < -0.39 is 5.82 Å². The van der Waals surface area contributed by atoms with Crippen molar-refractivity contribution >= 4 is 5.69 Å². The Labute approximate surface area is 104 Å². The van der Waals surface area contributed by atoms with Gasteiger partial charge in [-0.2, -0.15) is 4.98 Å². The van der Waals surface area contributed by atoms with Gasteiger partial charge in [-0.15, -0.1) is 0 Å². The van der Waals surface area contributed by atoms with E-state index in [4.69, 9.17) is 15.0 Å². The molecule has 0 bridgehead atoms. The van der Waals surface area contributed by atoms with Crippen molar-refractivity contribution in [2.45, 2.75) is 19.4 Å². The molecule has 5 nitrogen and oxygen atoms in total. The van der Waals surface area contributed by atoms with E-state index in [2.05, 4.69) is 10.1 Å². The van der Waals surface area contributed by atoms with Crippen LogP contribution in [0, 0.1) is 5.82 Å². The van der Waals surface area contributed by atoms with Crippen molar-refractivity contribution in [3.05, 3.63) is 29.8 Å². The van der Waals surface area contributed by atoms with Gasteiger partial charge in [0.2, 0.25) is 5.82 Å². The Kier molecular flexibility index (Phi) is 3.57. The first-order valence-corrected chi connectivity index (χ1v) is 5.57. The molecule has 18 heavy (non-hydrogen) atoms. The molecule has 0 aliphatic rings. The number of hydrogen-bond donors (Lipinski definition) is 1. The average molecular weight is 251 g/mol. The lowest BCUT2D eigenvalue weighted by Crippen LogP contribution is -2.01. The number of methoxy groups -OCH3 is 1. The van der Waals surface area contributed by atoms with Crippen molar-refractivity contribution in [3.63, 3.8) is 0 Å². The lowest BCUT2D eigenvalue weighted by molar-refractivity contribution is 0.0903. The molecular weight excluding hydrogens is 237 g/mol. The van der Waals surface area contributed by atoms with Gasteiger partial charge in [0.1, 0.15) is 11.9 Å². The topological polar surface area (TPSA) is 74.2 Å². The van der Waals surface area contributed by atoms with Crippen LogP contribution in [0.1, 0.15) is 25.3 Å². The molecule has 1 heterocycles. The molecule has 0 amide bonds. The van der Waals surface area contributed by atoms with Crippen LogP contribution in [0.4, 0.5) is 10.1 Å². The van der Waals surface area contributed by atoms with Crippen LogP contribution < -0.4 is 5.73 Å². The summed E-state index contributed by atoms with van der Waals surface area (Å²) in [4.78, 5) is 4.13. The third-order valence-electron chi connectivity index (χ3n) is 2.61. The van der Waals surface area contributed by atoms with Crippen LogP contribution >= 0.6 is 0 Å². The zero-order valence-electron chi connectivity index (χ0n) is 10.2. The van der Waals surface area contributed by atoms with Gasteiger partial charge >= 0.3 is 0 Å². The summed E-state index contributed by atoms with van der Waals surface area (Å²) in [5.74, 6) is 0.0416. The molecule has 1 atom stereocenters. The highest BCUT2D eigenvalue weighted by molar-refractivity contribution is 5.58. The molecule has 2 rings (SSSR count). The molecule has 0 saturated heterocycles. The van der Waals surface area contributed by atoms with Gasteiger partial charge in [0.05, 0.1) is 5.56 Å². The van der Waals surface area contributed by atoms with E-state index in [-0.39, 0.29) is 17.6 Å². The van der Waals surface area contributed by atoms with E-state index in [9.17, 15) is 4.39 Å². The Morgan fingerprint density at radius 1 is 1.50 bits per heavy atom. The summed E-state index contributed by atoms with van der Waals surface area (Å²) in [7, 11) is 1.56. The maximum atomic E-state index is 13.7. The number of aromatic nitrogens is 2. The number of nitrogens with two attached hydrogens (primary N) is 1. The first-order chi connectivity index (χ1) is 8.65. The van der Waals surface area contributed by atoms with Crippen LogP contribution in [0.3, 0.4) is 0 Å². The first kappa shape index (κ1) is 12.5. The summed E-state index contributed by atoms with van der Waals surface area (Å²) in [6.45, 7) is 1.94. The summed E-state index contributed by atoms with van der Waals surface area (Å²) in [5.41, 5.74) is 6.05. The number of halogens is 1. The fourth-order valence-electron chi connectivity index (χ4n) is 1.63. The molecule has 0 fully saturated rings. The monoisotopic (exact) mass is 251 g/mol. The number of rotatable bonds is 4. The molecule has 0 spiro atoms. The Morgan fingerprint density at radius 3 is 2.89 bits per heavy atom. The van der Waals surface area contributed by atoms with Gasteiger partial charge in [-0.25, -0.2) is 4.39 Å². The molecule has 2 aromatic rings. The Morgan fingerprint density at radius 2 is 2.28 bits per heavy atom. The standard InChI is InChI=1S/C12H14FN3O2/c1-3-10(17-2)11-15-12(18-16-11)8-5-4-7(14)6-9(8)13/h4-6,10H,3,14H2,1-2H3. The van der Waals surface area contributed by atoms with E-state index in [1.807, 2.05) is 6.92 Å². The molecule has 2 N–H and O–H groups in total. The van der Waals surface area contributed by atoms with Crippen LogP contribution in [0.25, 0.3) is 11.5 Å². The van der Waals surface area contributed by atoms with Crippen molar-refractivity contribution in [1.29, 1.82) is 0 Å². The molecule has 0 aliphatic carbocycles. The lowest BCUT2D eigenvalue weighted by atomic mass is 10.2. The second-order valence-electron chi connectivity index (χ2n) is 3.83. The number of nitrogen functional groups attached to an aromatic ring is 1. The van der Waals surface area contributed by atoms with Crippen LogP contribution in [0.5, 0.6) is 0 Å². The highest BCUT2D eigenvalue weighted by atomic mass is 19.1. The maximum absolute atomic E-state index is 13.7. The highest BCUT2D eigenvalue weighted by Gasteiger charge is 2.18. The predicted molar refractivity (Wildman–Crippen MR) is 64.1 cm³/mol. The number of benzene rings is 1. The van der Waals surface area contributed by atoms with Gasteiger partial charge in [-0.3, -0.25) is 0 Å². The van der Waals surface area contributed by atoms with Gasteiger partial charge in [-0.05, 0) is 24.6 Å². The van der Waals surface area contributed by atoms with E-state index in [1.54, 1.807) is 13.2 Å². The minimum atomic E-state index is -0.490. The van der Waals surface area contributed by atoms with Crippen molar-refractivity contribution in [2.24, 2.45) is 0 Å². The van der Waals surface area contributed by atoms with Gasteiger partial charge in [0.25, 0.3) is 5.89 Å². The summed E-state index contributed by atoms with van der Waals surface area (Å²) in [6.07, 6.45) is 0.457. The third-order valence-corrected chi connectivity index (χ3v) is 2.61. The van der Waals surface area contributed by atoms with E-state index in [0.717, 1.165) is 0 Å².